The van der Waals surface area contributed by atoms with Gasteiger partial charge in [-0.25, -0.2) is 4.39 Å². The highest BCUT2D eigenvalue weighted by Gasteiger charge is 2.32. The Hall–Kier alpha value is -0.250. The van der Waals surface area contributed by atoms with Crippen LogP contribution in [0.15, 0.2) is 12.1 Å². The Morgan fingerprint density at radius 2 is 2.22 bits per heavy atom. The number of hydrogen-bond acceptors (Lipinski definition) is 2. The molecule has 1 N–H and O–H groups in total. The van der Waals surface area contributed by atoms with Gasteiger partial charge in [0.15, 0.2) is 0 Å². The van der Waals surface area contributed by atoms with Gasteiger partial charge in [-0.3, -0.25) is 0 Å². The van der Waals surface area contributed by atoms with Gasteiger partial charge in [0, 0.05) is 27.6 Å². The molecule has 1 aromatic carbocycles. The van der Waals surface area contributed by atoms with E-state index in [-0.39, 0.29) is 11.9 Å². The highest BCUT2D eigenvalue weighted by atomic mass is 35.5. The first-order chi connectivity index (χ1) is 8.69. The van der Waals surface area contributed by atoms with Crippen molar-refractivity contribution in [1.29, 1.82) is 0 Å². The number of halogens is 2. The normalized spacial score (nSPS) is 22.9. The van der Waals surface area contributed by atoms with Crippen LogP contribution in [-0.2, 0) is 5.75 Å². The Morgan fingerprint density at radius 3 is 2.89 bits per heavy atom. The molecule has 0 fully saturated rings. The van der Waals surface area contributed by atoms with Crippen LogP contribution in [0.1, 0.15) is 43.9 Å². The fourth-order valence-corrected chi connectivity index (χ4v) is 4.11. The van der Waals surface area contributed by atoms with Crippen molar-refractivity contribution in [2.75, 3.05) is 6.54 Å². The van der Waals surface area contributed by atoms with Gasteiger partial charge in [0.2, 0.25) is 0 Å². The molecule has 2 atom stereocenters. The average molecular weight is 288 g/mol. The molecule has 0 bridgehead atoms. The van der Waals surface area contributed by atoms with Crippen molar-refractivity contribution in [3.05, 3.63) is 34.1 Å². The molecule has 0 saturated heterocycles. The molecule has 2 rings (SSSR count). The lowest BCUT2D eigenvalue weighted by Crippen LogP contribution is -2.34. The Kier molecular flexibility index (Phi) is 4.93. The van der Waals surface area contributed by atoms with Crippen molar-refractivity contribution in [2.24, 2.45) is 0 Å². The first kappa shape index (κ1) is 14.2. The molecule has 0 spiro atoms. The first-order valence-electron chi connectivity index (χ1n) is 6.50. The summed E-state index contributed by atoms with van der Waals surface area (Å²) in [4.78, 5) is 0. The van der Waals surface area contributed by atoms with Gasteiger partial charge in [0.1, 0.15) is 5.82 Å². The van der Waals surface area contributed by atoms with Crippen LogP contribution in [0.25, 0.3) is 0 Å². The molecular weight excluding hydrogens is 269 g/mol. The van der Waals surface area contributed by atoms with Gasteiger partial charge in [0.05, 0.1) is 0 Å². The molecule has 0 radical (unpaired) electrons. The minimum Gasteiger partial charge on any atom is -0.309 e. The number of fused-ring (bicyclic) bond motifs is 1. The van der Waals surface area contributed by atoms with E-state index in [4.69, 9.17) is 11.6 Å². The smallest absolute Gasteiger partial charge is 0.128 e. The van der Waals surface area contributed by atoms with Gasteiger partial charge in [-0.2, -0.15) is 11.8 Å². The molecule has 0 saturated carbocycles. The maximum Gasteiger partial charge on any atom is 0.128 e. The summed E-state index contributed by atoms with van der Waals surface area (Å²) >= 11 is 8.07. The Bertz CT molecular complexity index is 425. The largest absolute Gasteiger partial charge is 0.309 e. The number of hydrogen-bond donors (Lipinski definition) is 1. The fraction of sp³-hybridized carbons (Fsp3) is 0.571. The van der Waals surface area contributed by atoms with Gasteiger partial charge in [-0.1, -0.05) is 25.4 Å². The van der Waals surface area contributed by atoms with Crippen LogP contribution in [0, 0.1) is 5.82 Å². The van der Waals surface area contributed by atoms with Crippen LogP contribution < -0.4 is 5.32 Å². The Balaban J connectivity index is 2.39. The van der Waals surface area contributed by atoms with Gasteiger partial charge < -0.3 is 5.32 Å². The molecule has 1 aromatic rings. The van der Waals surface area contributed by atoms with Gasteiger partial charge in [-0.05, 0) is 37.1 Å². The molecule has 0 aliphatic carbocycles. The summed E-state index contributed by atoms with van der Waals surface area (Å²) in [6.45, 7) is 5.19. The summed E-state index contributed by atoms with van der Waals surface area (Å²) in [6, 6.07) is 3.24. The van der Waals surface area contributed by atoms with E-state index in [2.05, 4.69) is 19.2 Å². The third-order valence-corrected chi connectivity index (χ3v) is 5.23. The second-order valence-electron chi connectivity index (χ2n) is 4.61. The minimum absolute atomic E-state index is 0.0856. The van der Waals surface area contributed by atoms with E-state index in [1.165, 1.54) is 6.07 Å². The molecule has 100 valence electrons. The number of rotatable bonds is 4. The van der Waals surface area contributed by atoms with Crippen molar-refractivity contribution in [1.82, 2.24) is 5.32 Å². The summed E-state index contributed by atoms with van der Waals surface area (Å²) in [6.07, 6.45) is 2.09. The van der Waals surface area contributed by atoms with Gasteiger partial charge >= 0.3 is 0 Å². The molecule has 0 amide bonds. The zero-order chi connectivity index (χ0) is 13.1. The maximum atomic E-state index is 14.1. The predicted molar refractivity (Wildman–Crippen MR) is 77.8 cm³/mol. The average Bonchev–Trinajstić information content (AvgIpc) is 2.39. The van der Waals surface area contributed by atoms with Gasteiger partial charge in [0.25, 0.3) is 0 Å². The SMILES string of the molecule is CCCNC1c2c(F)ccc(Cl)c2CSC1CC. The van der Waals surface area contributed by atoms with Crippen LogP contribution in [0.5, 0.6) is 0 Å². The van der Waals surface area contributed by atoms with E-state index >= 15 is 0 Å². The Morgan fingerprint density at radius 1 is 1.44 bits per heavy atom. The molecule has 1 heterocycles. The second kappa shape index (κ2) is 6.27. The summed E-state index contributed by atoms with van der Waals surface area (Å²) in [5, 5.41) is 4.60. The third-order valence-electron chi connectivity index (χ3n) is 3.39. The monoisotopic (exact) mass is 287 g/mol. The van der Waals surface area contributed by atoms with E-state index in [0.717, 1.165) is 36.3 Å². The van der Waals surface area contributed by atoms with Crippen LogP contribution in [0.3, 0.4) is 0 Å². The lowest BCUT2D eigenvalue weighted by molar-refractivity contribution is 0.471. The molecular formula is C14H19ClFNS. The van der Waals surface area contributed by atoms with E-state index in [9.17, 15) is 4.39 Å². The van der Waals surface area contributed by atoms with Crippen LogP contribution in [0.4, 0.5) is 4.39 Å². The number of benzene rings is 1. The summed E-state index contributed by atoms with van der Waals surface area (Å²) < 4.78 is 14.1. The van der Waals surface area contributed by atoms with Crippen molar-refractivity contribution in [3.8, 4) is 0 Å². The minimum atomic E-state index is -0.123. The number of thioether (sulfide) groups is 1. The topological polar surface area (TPSA) is 12.0 Å². The molecule has 1 aliphatic heterocycles. The van der Waals surface area contributed by atoms with E-state index < -0.39 is 0 Å². The second-order valence-corrected chi connectivity index (χ2v) is 6.25. The quantitative estimate of drug-likeness (QED) is 0.872. The lowest BCUT2D eigenvalue weighted by Gasteiger charge is -2.34. The molecule has 1 nitrogen and oxygen atoms in total. The standard InChI is InChI=1S/C14H19ClFNS/c1-3-7-17-14-12(4-2)18-8-9-10(15)5-6-11(16)13(9)14/h5-6,12,14,17H,3-4,7-8H2,1-2H3. The van der Waals surface area contributed by atoms with Crippen molar-refractivity contribution >= 4 is 23.4 Å². The fourth-order valence-electron chi connectivity index (χ4n) is 2.45. The van der Waals surface area contributed by atoms with Gasteiger partial charge in [-0.15, -0.1) is 0 Å². The lowest BCUT2D eigenvalue weighted by atomic mass is 9.95. The molecule has 4 heteroatoms. The molecule has 2 unspecified atom stereocenters. The third kappa shape index (κ3) is 2.68. The number of nitrogens with one attached hydrogen (secondary N) is 1. The van der Waals surface area contributed by atoms with Crippen LogP contribution >= 0.6 is 23.4 Å². The predicted octanol–water partition coefficient (Wildman–Crippen LogP) is 4.55. The molecule has 18 heavy (non-hydrogen) atoms. The van der Waals surface area contributed by atoms with Crippen LogP contribution in [0.2, 0.25) is 5.02 Å². The van der Waals surface area contributed by atoms with E-state index in [1.54, 1.807) is 6.07 Å². The molecule has 0 aromatic heterocycles. The van der Waals surface area contributed by atoms with E-state index in [1.807, 2.05) is 11.8 Å². The van der Waals surface area contributed by atoms with Crippen molar-refractivity contribution < 1.29 is 4.39 Å². The zero-order valence-electron chi connectivity index (χ0n) is 10.8. The van der Waals surface area contributed by atoms with Crippen molar-refractivity contribution in [3.63, 3.8) is 0 Å². The highest BCUT2D eigenvalue weighted by molar-refractivity contribution is 7.99. The molecule has 1 aliphatic rings. The first-order valence-corrected chi connectivity index (χ1v) is 7.93. The summed E-state index contributed by atoms with van der Waals surface area (Å²) in [5.41, 5.74) is 1.77. The van der Waals surface area contributed by atoms with E-state index in [0.29, 0.717) is 10.3 Å². The summed E-state index contributed by atoms with van der Waals surface area (Å²) in [5.74, 6) is 0.691. The van der Waals surface area contributed by atoms with Crippen molar-refractivity contribution in [2.45, 2.75) is 43.7 Å². The zero-order valence-corrected chi connectivity index (χ0v) is 12.4. The Labute approximate surface area is 117 Å². The maximum absolute atomic E-state index is 14.1. The van der Waals surface area contributed by atoms with Crippen LogP contribution in [-0.4, -0.2) is 11.8 Å². The summed E-state index contributed by atoms with van der Waals surface area (Å²) in [7, 11) is 0. The highest BCUT2D eigenvalue weighted by Crippen LogP contribution is 2.42.